The van der Waals surface area contributed by atoms with E-state index in [1.54, 1.807) is 0 Å². The Morgan fingerprint density at radius 1 is 0.309 bits per heavy atom. The minimum Gasteiger partial charge on any atom is -0.306 e. The summed E-state index contributed by atoms with van der Waals surface area (Å²) >= 11 is 0. The highest BCUT2D eigenvalue weighted by Crippen LogP contribution is 2.38. The van der Waals surface area contributed by atoms with Gasteiger partial charge in [-0.3, -0.25) is 0 Å². The third-order valence-corrected chi connectivity index (χ3v) is 9.87. The van der Waals surface area contributed by atoms with Crippen molar-refractivity contribution in [2.24, 2.45) is 0 Å². The fraction of sp³-hybridized carbons (Fsp3) is 0. The molecular formula is C49H32N6. The third-order valence-electron chi connectivity index (χ3n) is 9.87. The molecule has 0 saturated heterocycles. The molecule has 3 heterocycles. The Balaban J connectivity index is 1.07. The zero-order chi connectivity index (χ0) is 36.6. The molecule has 3 aromatic heterocycles. The van der Waals surface area contributed by atoms with Crippen LogP contribution in [0.15, 0.2) is 194 Å². The van der Waals surface area contributed by atoms with Gasteiger partial charge < -0.3 is 4.57 Å². The molecule has 7 aromatic carbocycles. The highest BCUT2D eigenvalue weighted by molar-refractivity contribution is 6.11. The van der Waals surface area contributed by atoms with Crippen molar-refractivity contribution < 1.29 is 0 Å². The molecule has 0 aliphatic heterocycles. The van der Waals surface area contributed by atoms with Crippen LogP contribution in [0.2, 0.25) is 0 Å². The van der Waals surface area contributed by atoms with Gasteiger partial charge >= 0.3 is 0 Å². The standard InChI is InChI=1S/C49H32N6/c1-5-16-34(17-6-1)43-45-44(41-26-13-14-27-42(41)55(45)40-24-11-4-12-25-40)51-46(50-43)37-30-28-33(29-31-37)38-22-15-23-39(32-38)49-53-47(35-18-7-2-8-19-35)52-48(54-49)36-20-9-3-10-21-36/h1-32H. The summed E-state index contributed by atoms with van der Waals surface area (Å²) in [6.45, 7) is 0. The fourth-order valence-corrected chi connectivity index (χ4v) is 7.20. The minimum absolute atomic E-state index is 0.621. The lowest BCUT2D eigenvalue weighted by Crippen LogP contribution is -2.00. The Hall–Kier alpha value is -7.57. The highest BCUT2D eigenvalue weighted by Gasteiger charge is 2.21. The van der Waals surface area contributed by atoms with Gasteiger partial charge in [0.25, 0.3) is 0 Å². The summed E-state index contributed by atoms with van der Waals surface area (Å²) in [4.78, 5) is 25.3. The molecule has 6 heteroatoms. The predicted octanol–water partition coefficient (Wildman–Crippen LogP) is 11.8. The zero-order valence-corrected chi connectivity index (χ0v) is 29.7. The molecule has 10 aromatic rings. The van der Waals surface area contributed by atoms with Gasteiger partial charge in [0.05, 0.1) is 16.7 Å². The van der Waals surface area contributed by atoms with Crippen molar-refractivity contribution in [3.8, 4) is 73.6 Å². The lowest BCUT2D eigenvalue weighted by atomic mass is 10.0. The lowest BCUT2D eigenvalue weighted by Gasteiger charge is -2.12. The smallest absolute Gasteiger partial charge is 0.164 e. The molecule has 0 aliphatic carbocycles. The van der Waals surface area contributed by atoms with E-state index in [0.29, 0.717) is 23.3 Å². The minimum atomic E-state index is 0.621. The first-order valence-corrected chi connectivity index (χ1v) is 18.3. The van der Waals surface area contributed by atoms with E-state index < -0.39 is 0 Å². The van der Waals surface area contributed by atoms with Crippen LogP contribution in [0.4, 0.5) is 0 Å². The first-order chi connectivity index (χ1) is 27.3. The number of para-hydroxylation sites is 2. The molecule has 0 saturated carbocycles. The summed E-state index contributed by atoms with van der Waals surface area (Å²) in [5, 5.41) is 1.08. The molecular weight excluding hydrogens is 673 g/mol. The lowest BCUT2D eigenvalue weighted by molar-refractivity contribution is 1.07. The first-order valence-electron chi connectivity index (χ1n) is 18.3. The summed E-state index contributed by atoms with van der Waals surface area (Å²) < 4.78 is 2.28. The Kier molecular flexibility index (Phi) is 8.04. The number of nitrogens with zero attached hydrogens (tertiary/aromatic N) is 6. The number of rotatable bonds is 7. The van der Waals surface area contributed by atoms with Crippen molar-refractivity contribution in [3.63, 3.8) is 0 Å². The van der Waals surface area contributed by atoms with Crippen LogP contribution in [0.1, 0.15) is 0 Å². The second-order valence-corrected chi connectivity index (χ2v) is 13.3. The summed E-state index contributed by atoms with van der Waals surface area (Å²) in [5.74, 6) is 2.57. The van der Waals surface area contributed by atoms with Gasteiger partial charge in [-0.05, 0) is 35.4 Å². The molecule has 55 heavy (non-hydrogen) atoms. The van der Waals surface area contributed by atoms with Gasteiger partial charge in [-0.15, -0.1) is 0 Å². The van der Waals surface area contributed by atoms with Gasteiger partial charge in [0.15, 0.2) is 23.3 Å². The molecule has 0 atom stereocenters. The molecule has 6 nitrogen and oxygen atoms in total. The van der Waals surface area contributed by atoms with Crippen LogP contribution in [0, 0.1) is 0 Å². The maximum absolute atomic E-state index is 5.29. The SMILES string of the molecule is c1ccc(-c2nc(-c3ccccc3)nc(-c3cccc(-c4ccc(-c5nc(-c6ccccc6)c6c(n5)c5ccccc5n6-c5ccccc5)cc4)c3)n2)cc1. The number of benzene rings is 7. The van der Waals surface area contributed by atoms with E-state index in [4.69, 9.17) is 24.9 Å². The Morgan fingerprint density at radius 2 is 0.764 bits per heavy atom. The Morgan fingerprint density at radius 3 is 1.40 bits per heavy atom. The molecule has 0 radical (unpaired) electrons. The van der Waals surface area contributed by atoms with Crippen molar-refractivity contribution in [1.29, 1.82) is 0 Å². The fourth-order valence-electron chi connectivity index (χ4n) is 7.20. The van der Waals surface area contributed by atoms with E-state index in [9.17, 15) is 0 Å². The Labute approximate surface area is 318 Å². The maximum atomic E-state index is 5.29. The predicted molar refractivity (Wildman–Crippen MR) is 222 cm³/mol. The van der Waals surface area contributed by atoms with Crippen molar-refractivity contribution in [1.82, 2.24) is 29.5 Å². The van der Waals surface area contributed by atoms with E-state index in [0.717, 1.165) is 72.3 Å². The van der Waals surface area contributed by atoms with Gasteiger partial charge in [-0.25, -0.2) is 24.9 Å². The normalized spacial score (nSPS) is 11.3. The van der Waals surface area contributed by atoms with E-state index >= 15 is 0 Å². The number of hydrogen-bond donors (Lipinski definition) is 0. The van der Waals surface area contributed by atoms with Gasteiger partial charge in [0.1, 0.15) is 5.52 Å². The molecule has 0 fully saturated rings. The van der Waals surface area contributed by atoms with Crippen LogP contribution in [0.25, 0.3) is 95.6 Å². The first kappa shape index (κ1) is 32.1. The van der Waals surface area contributed by atoms with Gasteiger partial charge in [-0.2, -0.15) is 0 Å². The molecule has 10 rings (SSSR count). The van der Waals surface area contributed by atoms with Crippen molar-refractivity contribution in [3.05, 3.63) is 194 Å². The van der Waals surface area contributed by atoms with Crippen LogP contribution in [-0.2, 0) is 0 Å². The average molecular weight is 705 g/mol. The van der Waals surface area contributed by atoms with Crippen LogP contribution in [-0.4, -0.2) is 29.5 Å². The third kappa shape index (κ3) is 6.02. The molecule has 258 valence electrons. The summed E-state index contributed by atoms with van der Waals surface area (Å²) in [7, 11) is 0. The van der Waals surface area contributed by atoms with Crippen LogP contribution >= 0.6 is 0 Å². The second kappa shape index (κ2) is 13.8. The molecule has 0 unspecified atom stereocenters. The number of fused-ring (bicyclic) bond motifs is 3. The molecule has 0 amide bonds. The van der Waals surface area contributed by atoms with Crippen LogP contribution in [0.5, 0.6) is 0 Å². The van der Waals surface area contributed by atoms with Crippen LogP contribution in [0.3, 0.4) is 0 Å². The van der Waals surface area contributed by atoms with Crippen molar-refractivity contribution >= 4 is 21.9 Å². The van der Waals surface area contributed by atoms with Crippen molar-refractivity contribution in [2.75, 3.05) is 0 Å². The molecule has 0 bridgehead atoms. The van der Waals surface area contributed by atoms with Gasteiger partial charge in [-0.1, -0.05) is 170 Å². The topological polar surface area (TPSA) is 69.4 Å². The highest BCUT2D eigenvalue weighted by atomic mass is 15.0. The van der Waals surface area contributed by atoms with Crippen molar-refractivity contribution in [2.45, 2.75) is 0 Å². The average Bonchev–Trinajstić information content (AvgIpc) is 3.61. The monoisotopic (exact) mass is 704 g/mol. The second-order valence-electron chi connectivity index (χ2n) is 13.3. The van der Waals surface area contributed by atoms with E-state index in [-0.39, 0.29) is 0 Å². The van der Waals surface area contributed by atoms with E-state index in [1.165, 1.54) is 0 Å². The van der Waals surface area contributed by atoms with E-state index in [1.807, 2.05) is 72.8 Å². The molecule has 0 aliphatic rings. The molecule has 0 N–H and O–H groups in total. The number of hydrogen-bond acceptors (Lipinski definition) is 5. The Bertz CT molecular complexity index is 2890. The summed E-state index contributed by atoms with van der Waals surface area (Å²) in [6, 6.07) is 66.2. The molecule has 0 spiro atoms. The van der Waals surface area contributed by atoms with Gasteiger partial charge in [0.2, 0.25) is 0 Å². The summed E-state index contributed by atoms with van der Waals surface area (Å²) in [6.07, 6.45) is 0. The number of aromatic nitrogens is 6. The summed E-state index contributed by atoms with van der Waals surface area (Å²) in [5.41, 5.74) is 11.8. The maximum Gasteiger partial charge on any atom is 0.164 e. The van der Waals surface area contributed by atoms with Crippen LogP contribution < -0.4 is 0 Å². The van der Waals surface area contributed by atoms with E-state index in [2.05, 4.69) is 126 Å². The quantitative estimate of drug-likeness (QED) is 0.165. The zero-order valence-electron chi connectivity index (χ0n) is 29.7. The van der Waals surface area contributed by atoms with Gasteiger partial charge in [0, 0.05) is 38.9 Å². The largest absolute Gasteiger partial charge is 0.306 e.